The van der Waals surface area contributed by atoms with E-state index in [0.717, 1.165) is 25.9 Å². The molecule has 0 aromatic heterocycles. The maximum absolute atomic E-state index is 13.6. The third-order valence-corrected chi connectivity index (χ3v) is 3.06. The summed E-state index contributed by atoms with van der Waals surface area (Å²) < 4.78 is 13.6. The van der Waals surface area contributed by atoms with E-state index in [1.165, 1.54) is 12.1 Å². The summed E-state index contributed by atoms with van der Waals surface area (Å²) in [4.78, 5) is 11.0. The largest absolute Gasteiger partial charge is 0.366 e. The number of piperidine rings is 1. The average Bonchev–Trinajstić information content (AvgIpc) is 2.30. The number of halogens is 2. The van der Waals surface area contributed by atoms with Crippen molar-refractivity contribution < 1.29 is 9.18 Å². The van der Waals surface area contributed by atoms with E-state index in [9.17, 15) is 9.18 Å². The minimum Gasteiger partial charge on any atom is -0.366 e. The van der Waals surface area contributed by atoms with E-state index in [0.29, 0.717) is 11.1 Å². The summed E-state index contributed by atoms with van der Waals surface area (Å²) in [7, 11) is 0. The molecule has 0 atom stereocenters. The second-order valence-electron chi connectivity index (χ2n) is 4.12. The van der Waals surface area contributed by atoms with Gasteiger partial charge in [-0.15, -0.1) is 12.4 Å². The second-order valence-corrected chi connectivity index (χ2v) is 4.12. The lowest BCUT2D eigenvalue weighted by Crippen LogP contribution is -2.27. The van der Waals surface area contributed by atoms with Gasteiger partial charge in [-0.3, -0.25) is 4.79 Å². The van der Waals surface area contributed by atoms with Crippen LogP contribution in [-0.4, -0.2) is 19.0 Å². The van der Waals surface area contributed by atoms with Crippen LogP contribution in [0.3, 0.4) is 0 Å². The number of carbonyl (C=O) groups excluding carboxylic acids is 1. The summed E-state index contributed by atoms with van der Waals surface area (Å²) >= 11 is 0. The van der Waals surface area contributed by atoms with Crippen LogP contribution in [0.4, 0.5) is 4.39 Å². The molecule has 1 aromatic carbocycles. The lowest BCUT2D eigenvalue weighted by Gasteiger charge is -2.23. The van der Waals surface area contributed by atoms with Crippen LogP contribution in [0.15, 0.2) is 18.2 Å². The Balaban J connectivity index is 0.00000144. The van der Waals surface area contributed by atoms with Crippen molar-refractivity contribution in [1.82, 2.24) is 5.32 Å². The molecule has 5 heteroatoms. The molecule has 0 bridgehead atoms. The molecular formula is C12H16ClFN2O. The van der Waals surface area contributed by atoms with Crippen LogP contribution in [0, 0.1) is 5.82 Å². The summed E-state index contributed by atoms with van der Waals surface area (Å²) in [5.41, 5.74) is 6.20. The quantitative estimate of drug-likeness (QED) is 0.850. The lowest BCUT2D eigenvalue weighted by atomic mass is 9.89. The molecule has 0 spiro atoms. The molecule has 3 nitrogen and oxygen atoms in total. The van der Waals surface area contributed by atoms with E-state index in [1.807, 2.05) is 0 Å². The Kier molecular flexibility index (Phi) is 4.90. The van der Waals surface area contributed by atoms with Crippen molar-refractivity contribution in [2.75, 3.05) is 13.1 Å². The molecule has 17 heavy (non-hydrogen) atoms. The highest BCUT2D eigenvalue weighted by Gasteiger charge is 2.19. The van der Waals surface area contributed by atoms with Gasteiger partial charge < -0.3 is 11.1 Å². The Bertz CT molecular complexity index is 405. The first-order valence-electron chi connectivity index (χ1n) is 5.48. The zero-order valence-electron chi connectivity index (χ0n) is 9.41. The van der Waals surface area contributed by atoms with E-state index in [-0.39, 0.29) is 24.1 Å². The third kappa shape index (κ3) is 3.17. The number of hydrogen-bond acceptors (Lipinski definition) is 2. The highest BCUT2D eigenvalue weighted by atomic mass is 35.5. The molecule has 1 saturated heterocycles. The number of benzene rings is 1. The van der Waals surface area contributed by atoms with Crippen molar-refractivity contribution in [1.29, 1.82) is 0 Å². The number of nitrogens with one attached hydrogen (secondary N) is 1. The number of nitrogens with two attached hydrogens (primary N) is 1. The SMILES string of the molecule is Cl.NC(=O)c1ccc(F)c(C2CCNCC2)c1. The summed E-state index contributed by atoms with van der Waals surface area (Å²) in [6.45, 7) is 1.79. The van der Waals surface area contributed by atoms with Crippen molar-refractivity contribution in [2.24, 2.45) is 5.73 Å². The number of rotatable bonds is 2. The van der Waals surface area contributed by atoms with Gasteiger partial charge in [-0.05, 0) is 55.6 Å². The van der Waals surface area contributed by atoms with Gasteiger partial charge in [-0.2, -0.15) is 0 Å². The van der Waals surface area contributed by atoms with Crippen molar-refractivity contribution in [2.45, 2.75) is 18.8 Å². The zero-order valence-corrected chi connectivity index (χ0v) is 10.2. The van der Waals surface area contributed by atoms with Gasteiger partial charge in [0.25, 0.3) is 0 Å². The first-order chi connectivity index (χ1) is 7.68. The minimum atomic E-state index is -0.504. The van der Waals surface area contributed by atoms with Gasteiger partial charge in [-0.1, -0.05) is 0 Å². The van der Waals surface area contributed by atoms with Crippen LogP contribution >= 0.6 is 12.4 Å². The number of primary amides is 1. The molecule has 1 aliphatic heterocycles. The molecule has 1 fully saturated rings. The second kappa shape index (κ2) is 5.98. The Morgan fingerprint density at radius 3 is 2.59 bits per heavy atom. The van der Waals surface area contributed by atoms with Crippen LogP contribution in [0.25, 0.3) is 0 Å². The van der Waals surface area contributed by atoms with Gasteiger partial charge >= 0.3 is 0 Å². The van der Waals surface area contributed by atoms with Crippen LogP contribution < -0.4 is 11.1 Å². The fraction of sp³-hybridized carbons (Fsp3) is 0.417. The molecule has 2 rings (SSSR count). The summed E-state index contributed by atoms with van der Waals surface area (Å²) in [5.74, 6) is -0.548. The summed E-state index contributed by atoms with van der Waals surface area (Å²) in [6.07, 6.45) is 1.80. The van der Waals surface area contributed by atoms with E-state index < -0.39 is 5.91 Å². The standard InChI is InChI=1S/C12H15FN2O.ClH/c13-11-2-1-9(12(14)16)7-10(11)8-3-5-15-6-4-8;/h1-2,7-8,15H,3-6H2,(H2,14,16);1H. The topological polar surface area (TPSA) is 55.1 Å². The van der Waals surface area contributed by atoms with E-state index in [2.05, 4.69) is 5.32 Å². The summed E-state index contributed by atoms with van der Waals surface area (Å²) in [5, 5.41) is 3.23. The van der Waals surface area contributed by atoms with E-state index in [4.69, 9.17) is 5.73 Å². The summed E-state index contributed by atoms with van der Waals surface area (Å²) in [6, 6.07) is 4.35. The van der Waals surface area contributed by atoms with E-state index >= 15 is 0 Å². The molecule has 1 aromatic rings. The number of amides is 1. The molecule has 1 aliphatic rings. The molecule has 1 heterocycles. The van der Waals surface area contributed by atoms with Crippen LogP contribution in [0.5, 0.6) is 0 Å². The van der Waals surface area contributed by atoms with Crippen molar-refractivity contribution in [3.8, 4) is 0 Å². The fourth-order valence-corrected chi connectivity index (χ4v) is 2.14. The van der Waals surface area contributed by atoms with Gasteiger partial charge in [0, 0.05) is 5.56 Å². The molecule has 0 unspecified atom stereocenters. The normalized spacial score (nSPS) is 16.3. The molecule has 3 N–H and O–H groups in total. The molecule has 0 saturated carbocycles. The van der Waals surface area contributed by atoms with Gasteiger partial charge in [-0.25, -0.2) is 4.39 Å². The van der Waals surface area contributed by atoms with Crippen molar-refractivity contribution >= 4 is 18.3 Å². The maximum Gasteiger partial charge on any atom is 0.248 e. The molecule has 0 radical (unpaired) electrons. The van der Waals surface area contributed by atoms with Crippen molar-refractivity contribution in [3.05, 3.63) is 35.1 Å². The minimum absolute atomic E-state index is 0. The molecular weight excluding hydrogens is 243 g/mol. The lowest BCUT2D eigenvalue weighted by molar-refractivity contribution is 0.1000. The van der Waals surface area contributed by atoms with Gasteiger partial charge in [0.15, 0.2) is 0 Å². The first kappa shape index (κ1) is 13.9. The molecule has 0 aliphatic carbocycles. The Labute approximate surface area is 106 Å². The fourth-order valence-electron chi connectivity index (χ4n) is 2.14. The van der Waals surface area contributed by atoms with Gasteiger partial charge in [0.05, 0.1) is 0 Å². The first-order valence-corrected chi connectivity index (χ1v) is 5.48. The monoisotopic (exact) mass is 258 g/mol. The average molecular weight is 259 g/mol. The molecule has 94 valence electrons. The predicted molar refractivity (Wildman–Crippen MR) is 67.0 cm³/mol. The molecule has 1 amide bonds. The predicted octanol–water partition coefficient (Wildman–Crippen LogP) is 1.81. The van der Waals surface area contributed by atoms with Crippen LogP contribution in [-0.2, 0) is 0 Å². The van der Waals surface area contributed by atoms with Crippen molar-refractivity contribution in [3.63, 3.8) is 0 Å². The maximum atomic E-state index is 13.6. The Morgan fingerprint density at radius 2 is 2.00 bits per heavy atom. The van der Waals surface area contributed by atoms with E-state index in [1.54, 1.807) is 6.07 Å². The smallest absolute Gasteiger partial charge is 0.248 e. The van der Waals surface area contributed by atoms with Gasteiger partial charge in [0.2, 0.25) is 5.91 Å². The highest BCUT2D eigenvalue weighted by Crippen LogP contribution is 2.28. The number of carbonyl (C=O) groups is 1. The number of hydrogen-bond donors (Lipinski definition) is 2. The highest BCUT2D eigenvalue weighted by molar-refractivity contribution is 5.92. The van der Waals surface area contributed by atoms with Crippen LogP contribution in [0.2, 0.25) is 0 Å². The Morgan fingerprint density at radius 1 is 1.35 bits per heavy atom. The third-order valence-electron chi connectivity index (χ3n) is 3.06. The zero-order chi connectivity index (χ0) is 11.5. The van der Waals surface area contributed by atoms with Gasteiger partial charge in [0.1, 0.15) is 5.82 Å². The van der Waals surface area contributed by atoms with Crippen LogP contribution in [0.1, 0.15) is 34.7 Å². The Hall–Kier alpha value is -1.13.